The molecule has 31 heavy (non-hydrogen) atoms. The molecule has 0 amide bonds. The quantitative estimate of drug-likeness (QED) is 0.664. The molecule has 1 fully saturated rings. The van der Waals surface area contributed by atoms with E-state index >= 15 is 0 Å². The van der Waals surface area contributed by atoms with Crippen LogP contribution in [0, 0.1) is 5.92 Å². The summed E-state index contributed by atoms with van der Waals surface area (Å²) in [6.45, 7) is 1.31. The van der Waals surface area contributed by atoms with E-state index < -0.39 is 0 Å². The summed E-state index contributed by atoms with van der Waals surface area (Å²) in [6, 6.07) is 8.89. The summed E-state index contributed by atoms with van der Waals surface area (Å²) in [7, 11) is 3.49. The highest BCUT2D eigenvalue weighted by Crippen LogP contribution is 2.53. The lowest BCUT2D eigenvalue weighted by Crippen LogP contribution is -2.39. The zero-order valence-electron chi connectivity index (χ0n) is 18.3. The molecule has 0 saturated heterocycles. The number of benzene rings is 2. The molecule has 0 aromatic heterocycles. The van der Waals surface area contributed by atoms with Crippen LogP contribution in [-0.2, 0) is 6.42 Å². The third-order valence-corrected chi connectivity index (χ3v) is 7.44. The van der Waals surface area contributed by atoms with Gasteiger partial charge in [-0.05, 0) is 60.6 Å². The van der Waals surface area contributed by atoms with Gasteiger partial charge in [-0.2, -0.15) is 0 Å². The minimum atomic E-state index is 0.305. The van der Waals surface area contributed by atoms with E-state index in [0.29, 0.717) is 18.8 Å². The summed E-state index contributed by atoms with van der Waals surface area (Å²) in [5.41, 5.74) is 6.45. The van der Waals surface area contributed by atoms with E-state index in [0.717, 1.165) is 36.0 Å². The van der Waals surface area contributed by atoms with Gasteiger partial charge in [-0.3, -0.25) is 0 Å². The fourth-order valence-electron chi connectivity index (χ4n) is 6.04. The summed E-state index contributed by atoms with van der Waals surface area (Å²) >= 11 is 0. The first-order chi connectivity index (χ1) is 15.3. The average molecular weight is 420 g/mol. The van der Waals surface area contributed by atoms with Crippen LogP contribution in [-0.4, -0.2) is 32.5 Å². The van der Waals surface area contributed by atoms with Crippen molar-refractivity contribution >= 4 is 11.8 Å². The van der Waals surface area contributed by atoms with Gasteiger partial charge in [-0.25, -0.2) is 0 Å². The van der Waals surface area contributed by atoms with Gasteiger partial charge >= 0.3 is 0 Å². The Labute approximate surface area is 183 Å². The Morgan fingerprint density at radius 2 is 1.77 bits per heavy atom. The minimum absolute atomic E-state index is 0.305. The third-order valence-electron chi connectivity index (χ3n) is 7.44. The monoisotopic (exact) mass is 419 g/mol. The molecule has 1 aliphatic carbocycles. The second-order valence-corrected chi connectivity index (χ2v) is 8.98. The first-order valence-electron chi connectivity index (χ1n) is 11.4. The van der Waals surface area contributed by atoms with Crippen LogP contribution in [0.5, 0.6) is 23.0 Å². The second kappa shape index (κ2) is 7.40. The van der Waals surface area contributed by atoms with E-state index in [2.05, 4.69) is 29.2 Å². The van der Waals surface area contributed by atoms with Crippen molar-refractivity contribution in [2.45, 2.75) is 44.6 Å². The summed E-state index contributed by atoms with van der Waals surface area (Å²) in [5.74, 6) is 4.06. The van der Waals surface area contributed by atoms with Crippen LogP contribution in [0.15, 0.2) is 24.3 Å². The number of methoxy groups -OCH3 is 2. The predicted octanol–water partition coefficient (Wildman–Crippen LogP) is 5.42. The topological polar surface area (TPSA) is 40.2 Å². The molecule has 0 bridgehead atoms. The summed E-state index contributed by atoms with van der Waals surface area (Å²) in [5, 5.41) is 0. The van der Waals surface area contributed by atoms with E-state index in [1.54, 1.807) is 14.2 Å². The van der Waals surface area contributed by atoms with Crippen molar-refractivity contribution in [1.82, 2.24) is 4.90 Å². The zero-order chi connectivity index (χ0) is 20.9. The van der Waals surface area contributed by atoms with Gasteiger partial charge in [-0.15, -0.1) is 0 Å². The van der Waals surface area contributed by atoms with Crippen molar-refractivity contribution in [2.24, 2.45) is 5.92 Å². The van der Waals surface area contributed by atoms with Crippen LogP contribution in [0.3, 0.4) is 0 Å². The first-order valence-corrected chi connectivity index (χ1v) is 11.4. The molecule has 2 aromatic rings. The molecule has 5 nitrogen and oxygen atoms in total. The first kappa shape index (κ1) is 18.9. The lowest BCUT2D eigenvalue weighted by molar-refractivity contribution is 0.166. The normalized spacial score (nSPS) is 21.7. The summed E-state index contributed by atoms with van der Waals surface area (Å²) in [4.78, 5) is 2.63. The Kier molecular flexibility index (Phi) is 4.51. The van der Waals surface area contributed by atoms with Crippen molar-refractivity contribution in [2.75, 3.05) is 27.6 Å². The van der Waals surface area contributed by atoms with Gasteiger partial charge < -0.3 is 23.8 Å². The molecular weight excluding hydrogens is 390 g/mol. The highest BCUT2D eigenvalue weighted by atomic mass is 16.7. The smallest absolute Gasteiger partial charge is 0.231 e. The molecule has 3 aliphatic heterocycles. The number of ether oxygens (including phenoxy) is 4. The Hall–Kier alpha value is -2.82. The maximum atomic E-state index is 5.95. The molecule has 0 spiro atoms. The van der Waals surface area contributed by atoms with E-state index in [1.165, 1.54) is 60.1 Å². The van der Waals surface area contributed by atoms with Gasteiger partial charge in [-0.1, -0.05) is 25.3 Å². The van der Waals surface area contributed by atoms with Crippen LogP contribution in [0.4, 0.5) is 0 Å². The molecule has 1 saturated carbocycles. The molecule has 2 aromatic carbocycles. The standard InChI is InChI=1S/C26H29NO4/c1-28-21-9-8-18-12-20-19-14-23-22(30-15-31-23)13-17(19)10-11-27(20)25(24(18)26(21)29-2)16-6-4-3-5-7-16/h8-9,12-14,16,25H,3-7,10-11,15H2,1-2H3/t25-/m1/s1. The molecule has 0 radical (unpaired) electrons. The second-order valence-electron chi connectivity index (χ2n) is 8.98. The van der Waals surface area contributed by atoms with Crippen LogP contribution < -0.4 is 18.9 Å². The Morgan fingerprint density at radius 1 is 0.968 bits per heavy atom. The van der Waals surface area contributed by atoms with Crippen LogP contribution >= 0.6 is 0 Å². The Bertz CT molecular complexity index is 1050. The van der Waals surface area contributed by atoms with E-state index in [9.17, 15) is 0 Å². The lowest BCUT2D eigenvalue weighted by Gasteiger charge is -2.47. The van der Waals surface area contributed by atoms with Gasteiger partial charge in [0.1, 0.15) is 0 Å². The number of hydrogen-bond acceptors (Lipinski definition) is 5. The fraction of sp³-hybridized carbons (Fsp3) is 0.462. The minimum Gasteiger partial charge on any atom is -0.493 e. The third kappa shape index (κ3) is 2.89. The molecule has 0 N–H and O–H groups in total. The molecule has 162 valence electrons. The van der Waals surface area contributed by atoms with Crippen molar-refractivity contribution in [3.8, 4) is 23.0 Å². The highest BCUT2D eigenvalue weighted by molar-refractivity contribution is 5.88. The van der Waals surface area contributed by atoms with Crippen LogP contribution in [0.2, 0.25) is 0 Å². The summed E-state index contributed by atoms with van der Waals surface area (Å²) in [6.07, 6.45) is 9.84. The predicted molar refractivity (Wildman–Crippen MR) is 120 cm³/mol. The average Bonchev–Trinajstić information content (AvgIpc) is 3.28. The number of nitrogens with zero attached hydrogens (tertiary/aromatic N) is 1. The van der Waals surface area contributed by atoms with Gasteiger partial charge in [0.15, 0.2) is 23.0 Å². The molecule has 4 aliphatic rings. The SMILES string of the molecule is COc1ccc2c(c1OC)[C@@H](C1CCCCC1)N1CCc3cc4c(cc3C1=C2)OCO4. The zero-order valence-corrected chi connectivity index (χ0v) is 18.3. The molecule has 0 unspecified atom stereocenters. The van der Waals surface area contributed by atoms with Gasteiger partial charge in [0.2, 0.25) is 6.79 Å². The summed E-state index contributed by atoms with van der Waals surface area (Å²) < 4.78 is 23.0. The van der Waals surface area contributed by atoms with E-state index in [4.69, 9.17) is 18.9 Å². The van der Waals surface area contributed by atoms with Crippen LogP contribution in [0.1, 0.15) is 60.4 Å². The highest BCUT2D eigenvalue weighted by Gasteiger charge is 2.40. The van der Waals surface area contributed by atoms with Gasteiger partial charge in [0.05, 0.1) is 20.3 Å². The van der Waals surface area contributed by atoms with E-state index in [1.807, 2.05) is 6.07 Å². The molecule has 1 atom stereocenters. The number of rotatable bonds is 3. The number of hydrogen-bond donors (Lipinski definition) is 0. The van der Waals surface area contributed by atoms with Crippen molar-refractivity contribution < 1.29 is 18.9 Å². The fourth-order valence-corrected chi connectivity index (χ4v) is 6.04. The molecule has 3 heterocycles. The Balaban J connectivity index is 1.55. The molecule has 5 heteroatoms. The van der Waals surface area contributed by atoms with Crippen molar-refractivity contribution in [3.05, 3.63) is 46.5 Å². The van der Waals surface area contributed by atoms with E-state index in [-0.39, 0.29) is 0 Å². The number of fused-ring (bicyclic) bond motifs is 5. The Morgan fingerprint density at radius 3 is 2.55 bits per heavy atom. The van der Waals surface area contributed by atoms with Crippen molar-refractivity contribution in [1.29, 1.82) is 0 Å². The molecular formula is C26H29NO4. The maximum Gasteiger partial charge on any atom is 0.231 e. The van der Waals surface area contributed by atoms with Gasteiger partial charge in [0.25, 0.3) is 0 Å². The van der Waals surface area contributed by atoms with Crippen molar-refractivity contribution in [3.63, 3.8) is 0 Å². The largest absolute Gasteiger partial charge is 0.493 e. The van der Waals surface area contributed by atoms with Crippen LogP contribution in [0.25, 0.3) is 11.8 Å². The maximum absolute atomic E-state index is 5.95. The lowest BCUT2D eigenvalue weighted by atomic mass is 9.75. The molecule has 6 rings (SSSR count). The van der Waals surface area contributed by atoms with Gasteiger partial charge in [0, 0.05) is 23.4 Å².